The largest absolute Gasteiger partial charge is 0.306 e. The Morgan fingerprint density at radius 3 is 2.56 bits per heavy atom. The van der Waals surface area contributed by atoms with Crippen molar-refractivity contribution < 1.29 is 4.79 Å². The van der Waals surface area contributed by atoms with Crippen LogP contribution in [0.4, 0.5) is 5.82 Å². The number of carbonyl (C=O) groups is 1. The van der Waals surface area contributed by atoms with Gasteiger partial charge in [0.25, 0.3) is 5.91 Å². The number of amides is 1. The second-order valence-corrected chi connectivity index (χ2v) is 6.90. The van der Waals surface area contributed by atoms with Gasteiger partial charge in [0, 0.05) is 11.8 Å². The molecule has 27 heavy (non-hydrogen) atoms. The molecule has 2 aromatic heterocycles. The van der Waals surface area contributed by atoms with Crippen LogP contribution in [0.15, 0.2) is 66.9 Å². The number of carbonyl (C=O) groups excluding carboxylic acids is 1. The van der Waals surface area contributed by atoms with Crippen molar-refractivity contribution in [3.05, 3.63) is 88.0 Å². The van der Waals surface area contributed by atoms with Crippen LogP contribution in [0.5, 0.6) is 0 Å². The Hall–Kier alpha value is -2.82. The van der Waals surface area contributed by atoms with Gasteiger partial charge in [-0.25, -0.2) is 4.98 Å². The van der Waals surface area contributed by atoms with Gasteiger partial charge in [-0.3, -0.25) is 9.20 Å². The molecule has 4 rings (SSSR count). The molecule has 0 saturated carbocycles. The molecule has 0 bridgehead atoms. The molecule has 0 aliphatic carbocycles. The molecule has 0 spiro atoms. The molecule has 1 N–H and O–H groups in total. The number of aromatic nitrogens is 2. The number of anilines is 1. The first-order valence-corrected chi connectivity index (χ1v) is 9.10. The van der Waals surface area contributed by atoms with Gasteiger partial charge < -0.3 is 5.32 Å². The van der Waals surface area contributed by atoms with E-state index in [1.165, 1.54) is 0 Å². The highest BCUT2D eigenvalue weighted by molar-refractivity contribution is 6.44. The lowest BCUT2D eigenvalue weighted by molar-refractivity contribution is 0.102. The van der Waals surface area contributed by atoms with Gasteiger partial charge in [-0.15, -0.1) is 0 Å². The average Bonchev–Trinajstić information content (AvgIpc) is 3.04. The number of aryl methyl sites for hydroxylation is 1. The van der Waals surface area contributed by atoms with Crippen molar-refractivity contribution in [3.8, 4) is 11.3 Å². The number of halogens is 2. The van der Waals surface area contributed by atoms with E-state index in [0.29, 0.717) is 22.1 Å². The number of imidazole rings is 1. The molecule has 6 heteroatoms. The van der Waals surface area contributed by atoms with Crippen LogP contribution in [0, 0.1) is 6.92 Å². The van der Waals surface area contributed by atoms with Gasteiger partial charge in [-0.2, -0.15) is 0 Å². The highest BCUT2D eigenvalue weighted by atomic mass is 35.5. The number of nitrogens with one attached hydrogen (secondary N) is 1. The minimum absolute atomic E-state index is 0.225. The molecule has 1 amide bonds. The molecule has 0 aliphatic heterocycles. The number of hydrogen-bond acceptors (Lipinski definition) is 2. The summed E-state index contributed by atoms with van der Waals surface area (Å²) in [6.45, 7) is 1.98. The van der Waals surface area contributed by atoms with E-state index in [2.05, 4.69) is 5.32 Å². The first kappa shape index (κ1) is 17.6. The SMILES string of the molecule is Cc1cccn2c(NC(=O)c3cccc(Cl)c3Cl)c(-c3ccccc3)nc12. The Bertz CT molecular complexity index is 1150. The third-order valence-corrected chi connectivity index (χ3v) is 5.14. The van der Waals surface area contributed by atoms with Crippen LogP contribution in [0.25, 0.3) is 16.9 Å². The fourth-order valence-corrected chi connectivity index (χ4v) is 3.36. The Morgan fingerprint density at radius 2 is 1.78 bits per heavy atom. The number of hydrogen-bond donors (Lipinski definition) is 1. The van der Waals surface area contributed by atoms with E-state index in [0.717, 1.165) is 16.8 Å². The summed E-state index contributed by atoms with van der Waals surface area (Å²) in [6, 6.07) is 18.6. The van der Waals surface area contributed by atoms with Gasteiger partial charge in [-0.1, -0.05) is 65.7 Å². The predicted octanol–water partition coefficient (Wildman–Crippen LogP) is 5.87. The summed E-state index contributed by atoms with van der Waals surface area (Å²) in [7, 11) is 0. The van der Waals surface area contributed by atoms with Gasteiger partial charge in [0.1, 0.15) is 17.2 Å². The van der Waals surface area contributed by atoms with Crippen LogP contribution in [0.2, 0.25) is 10.0 Å². The zero-order chi connectivity index (χ0) is 19.0. The number of benzene rings is 2. The number of rotatable bonds is 3. The van der Waals surface area contributed by atoms with E-state index < -0.39 is 0 Å². The van der Waals surface area contributed by atoms with Crippen LogP contribution in [0.3, 0.4) is 0 Å². The summed E-state index contributed by atoms with van der Waals surface area (Å²) in [5.41, 5.74) is 3.70. The molecule has 134 valence electrons. The molecular formula is C21H15Cl2N3O. The first-order chi connectivity index (χ1) is 13.1. The molecule has 0 atom stereocenters. The molecule has 0 unspecified atom stereocenters. The van der Waals surface area contributed by atoms with Crippen molar-refractivity contribution in [1.82, 2.24) is 9.38 Å². The van der Waals surface area contributed by atoms with Crippen molar-refractivity contribution in [2.75, 3.05) is 5.32 Å². The summed E-state index contributed by atoms with van der Waals surface area (Å²) >= 11 is 12.3. The molecular weight excluding hydrogens is 381 g/mol. The van der Waals surface area contributed by atoms with Gasteiger partial charge >= 0.3 is 0 Å². The smallest absolute Gasteiger partial charge is 0.258 e. The maximum Gasteiger partial charge on any atom is 0.258 e. The average molecular weight is 396 g/mol. The molecule has 2 heterocycles. The van der Waals surface area contributed by atoms with Crippen LogP contribution >= 0.6 is 23.2 Å². The molecule has 0 aliphatic rings. The summed E-state index contributed by atoms with van der Waals surface area (Å²) < 4.78 is 1.87. The standard InChI is InChI=1S/C21H15Cl2N3O/c1-13-7-6-12-26-19(13)24-18(14-8-3-2-4-9-14)20(26)25-21(27)15-10-5-11-16(22)17(15)23/h2-12H,1H3,(H,25,27). The fraction of sp³-hybridized carbons (Fsp3) is 0.0476. The van der Waals surface area contributed by atoms with E-state index in [1.54, 1.807) is 18.2 Å². The molecule has 0 fully saturated rings. The summed E-state index contributed by atoms with van der Waals surface area (Å²) in [5.74, 6) is 0.240. The van der Waals surface area contributed by atoms with Crippen molar-refractivity contribution in [1.29, 1.82) is 0 Å². The van der Waals surface area contributed by atoms with Gasteiger partial charge in [0.2, 0.25) is 0 Å². The van der Waals surface area contributed by atoms with Crippen molar-refractivity contribution >= 4 is 40.6 Å². The molecule has 2 aromatic carbocycles. The third kappa shape index (κ3) is 3.18. The van der Waals surface area contributed by atoms with Gasteiger partial charge in [0.15, 0.2) is 0 Å². The molecule has 0 saturated heterocycles. The zero-order valence-electron chi connectivity index (χ0n) is 14.4. The van der Waals surface area contributed by atoms with Crippen LogP contribution in [-0.4, -0.2) is 15.3 Å². The Labute approximate surface area is 166 Å². The van der Waals surface area contributed by atoms with E-state index in [4.69, 9.17) is 28.2 Å². The second kappa shape index (κ2) is 7.06. The fourth-order valence-electron chi connectivity index (χ4n) is 2.97. The highest BCUT2D eigenvalue weighted by Crippen LogP contribution is 2.31. The summed E-state index contributed by atoms with van der Waals surface area (Å²) in [4.78, 5) is 17.7. The Morgan fingerprint density at radius 1 is 1.00 bits per heavy atom. The summed E-state index contributed by atoms with van der Waals surface area (Å²) in [5, 5.41) is 3.52. The van der Waals surface area contributed by atoms with Crippen LogP contribution < -0.4 is 5.32 Å². The summed E-state index contributed by atoms with van der Waals surface area (Å²) in [6.07, 6.45) is 1.87. The van der Waals surface area contributed by atoms with E-state index in [1.807, 2.05) is 60.0 Å². The minimum atomic E-state index is -0.344. The van der Waals surface area contributed by atoms with Crippen LogP contribution in [0.1, 0.15) is 15.9 Å². The third-order valence-electron chi connectivity index (χ3n) is 4.32. The lowest BCUT2D eigenvalue weighted by atomic mass is 10.1. The lowest BCUT2D eigenvalue weighted by Gasteiger charge is -2.10. The molecule has 4 aromatic rings. The quantitative estimate of drug-likeness (QED) is 0.471. The number of pyridine rings is 1. The monoisotopic (exact) mass is 395 g/mol. The minimum Gasteiger partial charge on any atom is -0.306 e. The van der Waals surface area contributed by atoms with E-state index in [-0.39, 0.29) is 10.9 Å². The second-order valence-electron chi connectivity index (χ2n) is 6.12. The zero-order valence-corrected chi connectivity index (χ0v) is 15.9. The van der Waals surface area contributed by atoms with Gasteiger partial charge in [0.05, 0.1) is 15.6 Å². The highest BCUT2D eigenvalue weighted by Gasteiger charge is 2.20. The van der Waals surface area contributed by atoms with Crippen molar-refractivity contribution in [3.63, 3.8) is 0 Å². The topological polar surface area (TPSA) is 46.4 Å². The van der Waals surface area contributed by atoms with E-state index >= 15 is 0 Å². The number of nitrogens with zero attached hydrogens (tertiary/aromatic N) is 2. The van der Waals surface area contributed by atoms with Crippen molar-refractivity contribution in [2.24, 2.45) is 0 Å². The Kier molecular flexibility index (Phi) is 4.60. The molecule has 4 nitrogen and oxygen atoms in total. The van der Waals surface area contributed by atoms with E-state index in [9.17, 15) is 4.79 Å². The maximum absolute atomic E-state index is 12.9. The van der Waals surface area contributed by atoms with Crippen molar-refractivity contribution in [2.45, 2.75) is 6.92 Å². The maximum atomic E-state index is 12.9. The lowest BCUT2D eigenvalue weighted by Crippen LogP contribution is -2.14. The Balaban J connectivity index is 1.86. The molecule has 0 radical (unpaired) electrons. The normalized spacial score (nSPS) is 10.9. The van der Waals surface area contributed by atoms with Gasteiger partial charge in [-0.05, 0) is 30.7 Å². The number of fused-ring (bicyclic) bond motifs is 1. The van der Waals surface area contributed by atoms with Crippen LogP contribution in [-0.2, 0) is 0 Å². The first-order valence-electron chi connectivity index (χ1n) is 8.34. The predicted molar refractivity (Wildman–Crippen MR) is 110 cm³/mol.